The zero-order valence-electron chi connectivity index (χ0n) is 14.8. The molecule has 0 saturated heterocycles. The third-order valence-corrected chi connectivity index (χ3v) is 3.89. The summed E-state index contributed by atoms with van der Waals surface area (Å²) in [5.41, 5.74) is 1.67. The number of halogens is 1. The van der Waals surface area contributed by atoms with E-state index in [1.54, 1.807) is 24.3 Å². The summed E-state index contributed by atoms with van der Waals surface area (Å²) in [5, 5.41) is 3.00. The lowest BCUT2D eigenvalue weighted by Crippen LogP contribution is -2.21. The van der Waals surface area contributed by atoms with Crippen molar-refractivity contribution in [3.05, 3.63) is 89.2 Å². The third kappa shape index (κ3) is 5.82. The fraction of sp³-hybridized carbons (Fsp3) is 0.0952. The van der Waals surface area contributed by atoms with Crippen molar-refractivity contribution in [2.45, 2.75) is 6.61 Å². The first kappa shape index (κ1) is 19.4. The Kier molecular flexibility index (Phi) is 6.59. The Morgan fingerprint density at radius 1 is 1.00 bits per heavy atom. The molecular formula is C21H17ClN2O4. The van der Waals surface area contributed by atoms with Gasteiger partial charge in [0.25, 0.3) is 5.91 Å². The number of pyridine rings is 1. The SMILES string of the molecule is O=C(COC(=O)c1cc(Cl)ccn1)Nc1ccc(OCc2ccccc2)cc1. The van der Waals surface area contributed by atoms with Crippen LogP contribution in [0.2, 0.25) is 5.02 Å². The fourth-order valence-electron chi connectivity index (χ4n) is 2.29. The van der Waals surface area contributed by atoms with E-state index in [9.17, 15) is 9.59 Å². The number of nitrogens with zero attached hydrogens (tertiary/aromatic N) is 1. The Bertz CT molecular complexity index is 946. The van der Waals surface area contributed by atoms with Gasteiger partial charge in [0.1, 0.15) is 18.1 Å². The molecule has 1 amide bonds. The number of hydrogen-bond donors (Lipinski definition) is 1. The van der Waals surface area contributed by atoms with E-state index in [1.165, 1.54) is 18.3 Å². The van der Waals surface area contributed by atoms with Gasteiger partial charge in [0.2, 0.25) is 0 Å². The summed E-state index contributed by atoms with van der Waals surface area (Å²) < 4.78 is 10.6. The van der Waals surface area contributed by atoms with Crippen LogP contribution in [0.15, 0.2) is 72.9 Å². The predicted molar refractivity (Wildman–Crippen MR) is 105 cm³/mol. The van der Waals surface area contributed by atoms with E-state index in [0.717, 1.165) is 5.56 Å². The smallest absolute Gasteiger partial charge is 0.357 e. The normalized spacial score (nSPS) is 10.2. The molecule has 28 heavy (non-hydrogen) atoms. The van der Waals surface area contributed by atoms with Crippen LogP contribution in [0.5, 0.6) is 5.75 Å². The Hall–Kier alpha value is -3.38. The van der Waals surface area contributed by atoms with E-state index >= 15 is 0 Å². The number of hydrogen-bond acceptors (Lipinski definition) is 5. The van der Waals surface area contributed by atoms with Crippen LogP contribution in [0.3, 0.4) is 0 Å². The van der Waals surface area contributed by atoms with Crippen LogP contribution in [0.4, 0.5) is 5.69 Å². The molecule has 6 nitrogen and oxygen atoms in total. The summed E-state index contributed by atoms with van der Waals surface area (Å²) in [4.78, 5) is 27.6. The molecule has 0 aliphatic rings. The van der Waals surface area contributed by atoms with Crippen LogP contribution in [0, 0.1) is 0 Å². The average molecular weight is 397 g/mol. The lowest BCUT2D eigenvalue weighted by molar-refractivity contribution is -0.119. The molecule has 0 aliphatic heterocycles. The largest absolute Gasteiger partial charge is 0.489 e. The Balaban J connectivity index is 1.45. The highest BCUT2D eigenvalue weighted by Crippen LogP contribution is 2.17. The van der Waals surface area contributed by atoms with Gasteiger partial charge < -0.3 is 14.8 Å². The number of ether oxygens (including phenoxy) is 2. The summed E-state index contributed by atoms with van der Waals surface area (Å²) in [6.45, 7) is 0.0271. The average Bonchev–Trinajstić information content (AvgIpc) is 2.72. The monoisotopic (exact) mass is 396 g/mol. The van der Waals surface area contributed by atoms with Crippen LogP contribution in [0.25, 0.3) is 0 Å². The van der Waals surface area contributed by atoms with Crippen LogP contribution < -0.4 is 10.1 Å². The molecule has 1 heterocycles. The minimum absolute atomic E-state index is 0.0419. The predicted octanol–water partition coefficient (Wildman–Crippen LogP) is 4.11. The van der Waals surface area contributed by atoms with E-state index < -0.39 is 18.5 Å². The van der Waals surface area contributed by atoms with Gasteiger partial charge in [-0.3, -0.25) is 4.79 Å². The molecule has 3 aromatic rings. The van der Waals surface area contributed by atoms with E-state index in [4.69, 9.17) is 21.1 Å². The van der Waals surface area contributed by atoms with Crippen molar-refractivity contribution in [2.24, 2.45) is 0 Å². The quantitative estimate of drug-likeness (QED) is 0.608. The van der Waals surface area contributed by atoms with Gasteiger partial charge in [0, 0.05) is 16.9 Å². The second-order valence-corrected chi connectivity index (χ2v) is 6.22. The molecule has 0 spiro atoms. The number of nitrogens with one attached hydrogen (secondary N) is 1. The number of esters is 1. The molecule has 0 fully saturated rings. The van der Waals surface area contributed by atoms with Crippen molar-refractivity contribution < 1.29 is 19.1 Å². The van der Waals surface area contributed by atoms with Crippen molar-refractivity contribution in [3.63, 3.8) is 0 Å². The topological polar surface area (TPSA) is 77.5 Å². The van der Waals surface area contributed by atoms with Crippen LogP contribution in [0.1, 0.15) is 16.1 Å². The first-order valence-electron chi connectivity index (χ1n) is 8.45. The first-order chi connectivity index (χ1) is 13.6. The number of anilines is 1. The summed E-state index contributed by atoms with van der Waals surface area (Å²) >= 11 is 5.79. The molecule has 142 valence electrons. The highest BCUT2D eigenvalue weighted by atomic mass is 35.5. The van der Waals surface area contributed by atoms with Gasteiger partial charge >= 0.3 is 5.97 Å². The summed E-state index contributed by atoms with van der Waals surface area (Å²) in [7, 11) is 0. The number of rotatable bonds is 7. The molecule has 1 N–H and O–H groups in total. The number of benzene rings is 2. The van der Waals surface area contributed by atoms with Gasteiger partial charge in [-0.05, 0) is 42.0 Å². The van der Waals surface area contributed by atoms with E-state index in [2.05, 4.69) is 10.3 Å². The molecule has 0 saturated carbocycles. The van der Waals surface area contributed by atoms with Crippen molar-refractivity contribution in [1.82, 2.24) is 4.98 Å². The van der Waals surface area contributed by atoms with Gasteiger partial charge in [-0.25, -0.2) is 9.78 Å². The molecule has 0 aliphatic carbocycles. The zero-order chi connectivity index (χ0) is 19.8. The number of amides is 1. The summed E-state index contributed by atoms with van der Waals surface area (Å²) in [6, 6.07) is 19.6. The third-order valence-electron chi connectivity index (χ3n) is 3.65. The van der Waals surface area contributed by atoms with Gasteiger partial charge in [0.15, 0.2) is 6.61 Å². The van der Waals surface area contributed by atoms with Gasteiger partial charge in [-0.15, -0.1) is 0 Å². The van der Waals surface area contributed by atoms with Gasteiger partial charge in [0.05, 0.1) is 0 Å². The minimum atomic E-state index is -0.720. The molecular weight excluding hydrogens is 380 g/mol. The number of carbonyl (C=O) groups excluding carboxylic acids is 2. The van der Waals surface area contributed by atoms with Crippen LogP contribution >= 0.6 is 11.6 Å². The molecule has 0 unspecified atom stereocenters. The maximum absolute atomic E-state index is 11.9. The molecule has 0 radical (unpaired) electrons. The van der Waals surface area contributed by atoms with E-state index in [-0.39, 0.29) is 5.69 Å². The standard InChI is InChI=1S/C21H17ClN2O4/c22-16-10-11-23-19(12-16)21(26)28-14-20(25)24-17-6-8-18(9-7-17)27-13-15-4-2-1-3-5-15/h1-12H,13-14H2,(H,24,25). The molecule has 2 aromatic carbocycles. The first-order valence-corrected chi connectivity index (χ1v) is 8.83. The Morgan fingerprint density at radius 3 is 2.46 bits per heavy atom. The second-order valence-electron chi connectivity index (χ2n) is 5.78. The van der Waals surface area contributed by atoms with Gasteiger partial charge in [-0.1, -0.05) is 41.9 Å². The molecule has 3 rings (SSSR count). The Morgan fingerprint density at radius 2 is 1.75 bits per heavy atom. The van der Waals surface area contributed by atoms with Crippen molar-refractivity contribution in [3.8, 4) is 5.75 Å². The van der Waals surface area contributed by atoms with Crippen molar-refractivity contribution in [1.29, 1.82) is 0 Å². The Labute approximate surface area is 167 Å². The van der Waals surface area contributed by atoms with Crippen LogP contribution in [-0.4, -0.2) is 23.5 Å². The van der Waals surface area contributed by atoms with E-state index in [0.29, 0.717) is 23.1 Å². The van der Waals surface area contributed by atoms with Gasteiger partial charge in [-0.2, -0.15) is 0 Å². The minimum Gasteiger partial charge on any atom is -0.489 e. The van der Waals surface area contributed by atoms with Crippen molar-refractivity contribution >= 4 is 29.2 Å². The fourth-order valence-corrected chi connectivity index (χ4v) is 2.45. The summed E-state index contributed by atoms with van der Waals surface area (Å²) in [6.07, 6.45) is 1.39. The molecule has 0 bridgehead atoms. The molecule has 7 heteroatoms. The highest BCUT2D eigenvalue weighted by molar-refractivity contribution is 6.30. The lowest BCUT2D eigenvalue weighted by Gasteiger charge is -2.09. The highest BCUT2D eigenvalue weighted by Gasteiger charge is 2.12. The summed E-state index contributed by atoms with van der Waals surface area (Å²) in [5.74, 6) is -0.504. The van der Waals surface area contributed by atoms with Crippen LogP contribution in [-0.2, 0) is 16.1 Å². The van der Waals surface area contributed by atoms with Crippen molar-refractivity contribution in [2.75, 3.05) is 11.9 Å². The van der Waals surface area contributed by atoms with E-state index in [1.807, 2.05) is 30.3 Å². The number of carbonyl (C=O) groups is 2. The maximum Gasteiger partial charge on any atom is 0.357 e. The maximum atomic E-state index is 11.9. The molecule has 1 aromatic heterocycles. The molecule has 0 atom stereocenters. The number of aromatic nitrogens is 1. The second kappa shape index (κ2) is 9.53. The lowest BCUT2D eigenvalue weighted by atomic mass is 10.2. The zero-order valence-corrected chi connectivity index (χ0v) is 15.6.